The molecule has 1 atom stereocenters. The normalized spacial score (nSPS) is 12.5. The topological polar surface area (TPSA) is 24.9 Å². The number of aromatic nitrogens is 1. The summed E-state index contributed by atoms with van der Waals surface area (Å²) >= 11 is 5.99. The Morgan fingerprint density at radius 2 is 1.95 bits per heavy atom. The molecule has 0 radical (unpaired) electrons. The highest BCUT2D eigenvalue weighted by molar-refractivity contribution is 6.30. The molecule has 0 fully saturated rings. The molecule has 2 aromatic carbocycles. The van der Waals surface area contributed by atoms with E-state index in [4.69, 9.17) is 11.6 Å². The maximum atomic E-state index is 14.1. The Kier molecular flexibility index (Phi) is 3.86. The van der Waals surface area contributed by atoms with E-state index in [1.807, 2.05) is 30.3 Å². The Morgan fingerprint density at radius 3 is 2.76 bits per heavy atom. The van der Waals surface area contributed by atoms with Crippen molar-refractivity contribution >= 4 is 22.5 Å². The Labute approximate surface area is 127 Å². The quantitative estimate of drug-likeness (QED) is 0.778. The number of hydrogen-bond donors (Lipinski definition) is 1. The van der Waals surface area contributed by atoms with Crippen molar-refractivity contribution in [2.45, 2.75) is 6.04 Å². The largest absolute Gasteiger partial charge is 0.309 e. The molecule has 1 unspecified atom stereocenters. The molecule has 0 saturated heterocycles. The first-order valence-corrected chi connectivity index (χ1v) is 7.04. The SMILES string of the molecule is CNC(c1cnc2ccccc2c1)c1cc(Cl)ccc1F. The van der Waals surface area contributed by atoms with Crippen molar-refractivity contribution < 1.29 is 4.39 Å². The zero-order valence-electron chi connectivity index (χ0n) is 11.5. The second-order valence-corrected chi connectivity index (χ2v) is 5.29. The Balaban J connectivity index is 2.11. The maximum absolute atomic E-state index is 14.1. The average molecular weight is 301 g/mol. The van der Waals surface area contributed by atoms with E-state index in [0.717, 1.165) is 16.5 Å². The van der Waals surface area contributed by atoms with E-state index in [1.165, 1.54) is 6.07 Å². The summed E-state index contributed by atoms with van der Waals surface area (Å²) in [5.41, 5.74) is 2.34. The lowest BCUT2D eigenvalue weighted by Crippen LogP contribution is -2.19. The molecule has 0 bridgehead atoms. The van der Waals surface area contributed by atoms with Gasteiger partial charge >= 0.3 is 0 Å². The lowest BCUT2D eigenvalue weighted by atomic mass is 9.98. The third kappa shape index (κ3) is 2.75. The van der Waals surface area contributed by atoms with Crippen molar-refractivity contribution in [3.8, 4) is 0 Å². The smallest absolute Gasteiger partial charge is 0.128 e. The third-order valence-electron chi connectivity index (χ3n) is 3.50. The third-order valence-corrected chi connectivity index (χ3v) is 3.74. The molecule has 1 heterocycles. The van der Waals surface area contributed by atoms with E-state index in [9.17, 15) is 4.39 Å². The van der Waals surface area contributed by atoms with E-state index in [0.29, 0.717) is 10.6 Å². The van der Waals surface area contributed by atoms with Crippen molar-refractivity contribution in [1.82, 2.24) is 10.3 Å². The summed E-state index contributed by atoms with van der Waals surface area (Å²) in [5, 5.41) is 4.67. The van der Waals surface area contributed by atoms with Gasteiger partial charge in [-0.2, -0.15) is 0 Å². The van der Waals surface area contributed by atoms with Crippen LogP contribution in [0.5, 0.6) is 0 Å². The molecule has 3 aromatic rings. The van der Waals surface area contributed by atoms with Gasteiger partial charge in [-0.05, 0) is 42.9 Å². The van der Waals surface area contributed by atoms with Crippen LogP contribution in [0, 0.1) is 5.82 Å². The van der Waals surface area contributed by atoms with E-state index in [-0.39, 0.29) is 11.9 Å². The zero-order valence-corrected chi connectivity index (χ0v) is 12.2. The van der Waals surface area contributed by atoms with Gasteiger partial charge in [-0.15, -0.1) is 0 Å². The highest BCUT2D eigenvalue weighted by Gasteiger charge is 2.17. The van der Waals surface area contributed by atoms with Crippen LogP contribution in [0.3, 0.4) is 0 Å². The van der Waals surface area contributed by atoms with Crippen molar-refractivity contribution in [3.63, 3.8) is 0 Å². The summed E-state index contributed by atoms with van der Waals surface area (Å²) in [4.78, 5) is 4.43. The molecule has 0 amide bonds. The van der Waals surface area contributed by atoms with Gasteiger partial charge in [0.25, 0.3) is 0 Å². The van der Waals surface area contributed by atoms with Crippen LogP contribution in [0.15, 0.2) is 54.7 Å². The van der Waals surface area contributed by atoms with Crippen LogP contribution >= 0.6 is 11.6 Å². The number of para-hydroxylation sites is 1. The summed E-state index contributed by atoms with van der Waals surface area (Å²) in [5.74, 6) is -0.285. The molecule has 0 aliphatic carbocycles. The van der Waals surface area contributed by atoms with E-state index in [1.54, 1.807) is 25.4 Å². The number of nitrogens with zero attached hydrogens (tertiary/aromatic N) is 1. The molecular formula is C17H14ClFN2. The summed E-state index contributed by atoms with van der Waals surface area (Å²) in [6, 6.07) is 14.2. The summed E-state index contributed by atoms with van der Waals surface area (Å²) in [6.45, 7) is 0. The Morgan fingerprint density at radius 1 is 1.14 bits per heavy atom. The van der Waals surface area contributed by atoms with Gasteiger partial charge in [-0.3, -0.25) is 4.98 Å². The number of hydrogen-bond acceptors (Lipinski definition) is 2. The first-order chi connectivity index (χ1) is 10.2. The van der Waals surface area contributed by atoms with Gasteiger partial charge < -0.3 is 5.32 Å². The molecule has 21 heavy (non-hydrogen) atoms. The second-order valence-electron chi connectivity index (χ2n) is 4.85. The van der Waals surface area contributed by atoms with Crippen LogP contribution in [0.2, 0.25) is 5.02 Å². The van der Waals surface area contributed by atoms with Gasteiger partial charge in [0.1, 0.15) is 5.82 Å². The lowest BCUT2D eigenvalue weighted by molar-refractivity contribution is 0.576. The minimum absolute atomic E-state index is 0.285. The number of fused-ring (bicyclic) bond motifs is 1. The molecular weight excluding hydrogens is 287 g/mol. The minimum Gasteiger partial charge on any atom is -0.309 e. The molecule has 0 aliphatic rings. The van der Waals surface area contributed by atoms with Crippen LogP contribution < -0.4 is 5.32 Å². The fraction of sp³-hybridized carbons (Fsp3) is 0.118. The fourth-order valence-electron chi connectivity index (χ4n) is 2.48. The second kappa shape index (κ2) is 5.80. The summed E-state index contributed by atoms with van der Waals surface area (Å²) in [6.07, 6.45) is 1.77. The lowest BCUT2D eigenvalue weighted by Gasteiger charge is -2.18. The monoisotopic (exact) mass is 300 g/mol. The number of nitrogens with one attached hydrogen (secondary N) is 1. The molecule has 3 rings (SSSR count). The number of rotatable bonds is 3. The molecule has 0 aliphatic heterocycles. The molecule has 1 aromatic heterocycles. The van der Waals surface area contributed by atoms with Crippen LogP contribution in [-0.2, 0) is 0 Å². The maximum Gasteiger partial charge on any atom is 0.128 e. The van der Waals surface area contributed by atoms with Gasteiger partial charge in [-0.25, -0.2) is 4.39 Å². The first-order valence-electron chi connectivity index (χ1n) is 6.66. The van der Waals surface area contributed by atoms with Crippen molar-refractivity contribution in [2.75, 3.05) is 7.05 Å². The highest BCUT2D eigenvalue weighted by atomic mass is 35.5. The van der Waals surface area contributed by atoms with Crippen molar-refractivity contribution in [1.29, 1.82) is 0 Å². The first kappa shape index (κ1) is 14.0. The standard InChI is InChI=1S/C17H14ClFN2/c1-20-17(14-9-13(18)6-7-15(14)19)12-8-11-4-2-3-5-16(11)21-10-12/h2-10,17,20H,1H3. The van der Waals surface area contributed by atoms with Gasteiger partial charge in [0, 0.05) is 22.2 Å². The van der Waals surface area contributed by atoms with Crippen LogP contribution in [0.25, 0.3) is 10.9 Å². The number of halogens is 2. The highest BCUT2D eigenvalue weighted by Crippen LogP contribution is 2.28. The van der Waals surface area contributed by atoms with Gasteiger partial charge in [0.15, 0.2) is 0 Å². The molecule has 2 nitrogen and oxygen atoms in total. The van der Waals surface area contributed by atoms with Crippen LogP contribution in [0.4, 0.5) is 4.39 Å². The van der Waals surface area contributed by atoms with Gasteiger partial charge in [0.05, 0.1) is 11.6 Å². The molecule has 0 spiro atoms. The molecule has 106 valence electrons. The van der Waals surface area contributed by atoms with Gasteiger partial charge in [0.2, 0.25) is 0 Å². The molecule has 1 N–H and O–H groups in total. The molecule has 0 saturated carbocycles. The van der Waals surface area contributed by atoms with Gasteiger partial charge in [-0.1, -0.05) is 29.8 Å². The molecule has 4 heteroatoms. The van der Waals surface area contributed by atoms with Crippen molar-refractivity contribution in [2.24, 2.45) is 0 Å². The minimum atomic E-state index is -0.291. The number of benzene rings is 2. The fourth-order valence-corrected chi connectivity index (χ4v) is 2.66. The predicted octanol–water partition coefficient (Wildman–Crippen LogP) is 4.34. The van der Waals surface area contributed by atoms with E-state index < -0.39 is 0 Å². The Hall–Kier alpha value is -1.97. The summed E-state index contributed by atoms with van der Waals surface area (Å²) in [7, 11) is 1.79. The Bertz CT molecular complexity index is 789. The summed E-state index contributed by atoms with van der Waals surface area (Å²) < 4.78 is 14.1. The average Bonchev–Trinajstić information content (AvgIpc) is 2.51. The zero-order chi connectivity index (χ0) is 14.8. The van der Waals surface area contributed by atoms with Crippen LogP contribution in [0.1, 0.15) is 17.2 Å². The van der Waals surface area contributed by atoms with Crippen LogP contribution in [-0.4, -0.2) is 12.0 Å². The van der Waals surface area contributed by atoms with E-state index >= 15 is 0 Å². The number of pyridine rings is 1. The predicted molar refractivity (Wildman–Crippen MR) is 84.1 cm³/mol. The van der Waals surface area contributed by atoms with E-state index in [2.05, 4.69) is 10.3 Å². The van der Waals surface area contributed by atoms with Crippen molar-refractivity contribution in [3.05, 3.63) is 76.7 Å².